The van der Waals surface area contributed by atoms with Crippen molar-refractivity contribution in [3.8, 4) is 0 Å². The summed E-state index contributed by atoms with van der Waals surface area (Å²) in [5, 5.41) is 0. The van der Waals surface area contributed by atoms with Crippen molar-refractivity contribution in [3.05, 3.63) is 47.6 Å². The van der Waals surface area contributed by atoms with E-state index in [0.29, 0.717) is 5.92 Å². The van der Waals surface area contributed by atoms with Gasteiger partial charge in [0, 0.05) is 0 Å². The first-order valence-electron chi connectivity index (χ1n) is 6.65. The number of hydrogen-bond donors (Lipinski definition) is 0. The Morgan fingerprint density at radius 2 is 2.11 bits per heavy atom. The maximum atomic E-state index is 10.2. The molecule has 1 heteroatoms. The van der Waals surface area contributed by atoms with E-state index < -0.39 is 0 Å². The highest BCUT2D eigenvalue weighted by atomic mass is 16.1. The van der Waals surface area contributed by atoms with E-state index in [-0.39, 0.29) is 5.41 Å². The van der Waals surface area contributed by atoms with E-state index in [1.165, 1.54) is 24.5 Å². The Balaban J connectivity index is 2.79. The van der Waals surface area contributed by atoms with Gasteiger partial charge in [0.1, 0.15) is 6.29 Å². The number of hydrogen-bond acceptors (Lipinski definition) is 1. The van der Waals surface area contributed by atoms with Crippen molar-refractivity contribution < 1.29 is 4.79 Å². The molecule has 0 aromatic heterocycles. The molecular weight excluding hydrogens is 220 g/mol. The maximum absolute atomic E-state index is 10.2. The molecule has 0 fully saturated rings. The molecule has 1 nitrogen and oxygen atoms in total. The lowest BCUT2D eigenvalue weighted by Crippen LogP contribution is -2.19. The summed E-state index contributed by atoms with van der Waals surface area (Å²) in [5.74, 6) is 0.678. The topological polar surface area (TPSA) is 17.1 Å². The summed E-state index contributed by atoms with van der Waals surface area (Å²) >= 11 is 0. The predicted molar refractivity (Wildman–Crippen MR) is 78.4 cm³/mol. The van der Waals surface area contributed by atoms with Gasteiger partial charge in [0.2, 0.25) is 0 Å². The Hall–Kier alpha value is -1.37. The van der Waals surface area contributed by atoms with Crippen LogP contribution in [0.2, 0.25) is 0 Å². The minimum atomic E-state index is 0.280. The third-order valence-electron chi connectivity index (χ3n) is 3.54. The van der Waals surface area contributed by atoms with Gasteiger partial charge in [-0.3, -0.25) is 4.79 Å². The molecular formula is C17H24O. The molecule has 98 valence electrons. The molecule has 1 aliphatic carbocycles. The summed E-state index contributed by atoms with van der Waals surface area (Å²) in [7, 11) is 0. The first kappa shape index (κ1) is 14.7. The Bertz CT molecular complexity index is 405. The molecule has 0 N–H and O–H groups in total. The Kier molecular flexibility index (Phi) is 5.33. The smallest absolute Gasteiger partial charge is 0.142 e. The average molecular weight is 244 g/mol. The molecule has 0 aromatic carbocycles. The monoisotopic (exact) mass is 244 g/mol. The van der Waals surface area contributed by atoms with Crippen molar-refractivity contribution >= 4 is 6.29 Å². The zero-order chi connectivity index (χ0) is 13.6. The van der Waals surface area contributed by atoms with Gasteiger partial charge in [0.25, 0.3) is 0 Å². The zero-order valence-electron chi connectivity index (χ0n) is 11.9. The lowest BCUT2D eigenvalue weighted by atomic mass is 9.73. The van der Waals surface area contributed by atoms with Crippen LogP contribution in [0.4, 0.5) is 0 Å². The van der Waals surface area contributed by atoms with E-state index in [0.717, 1.165) is 11.9 Å². The van der Waals surface area contributed by atoms with E-state index in [1.807, 2.05) is 13.0 Å². The SMILES string of the molecule is CC(=C/C=C/C=O)/C=C/C1=CC(C)CCC1(C)C. The van der Waals surface area contributed by atoms with Gasteiger partial charge in [-0.25, -0.2) is 0 Å². The van der Waals surface area contributed by atoms with E-state index in [4.69, 9.17) is 0 Å². The first-order valence-corrected chi connectivity index (χ1v) is 6.65. The molecule has 0 spiro atoms. The van der Waals surface area contributed by atoms with E-state index >= 15 is 0 Å². The molecule has 0 radical (unpaired) electrons. The summed E-state index contributed by atoms with van der Waals surface area (Å²) in [6.07, 6.45) is 15.3. The van der Waals surface area contributed by atoms with Gasteiger partial charge < -0.3 is 0 Å². The summed E-state index contributed by atoms with van der Waals surface area (Å²) in [6.45, 7) is 8.94. The molecule has 18 heavy (non-hydrogen) atoms. The highest BCUT2D eigenvalue weighted by molar-refractivity contribution is 5.65. The predicted octanol–water partition coefficient (Wildman–Crippen LogP) is 4.63. The molecule has 0 saturated heterocycles. The van der Waals surface area contributed by atoms with Crippen LogP contribution in [-0.4, -0.2) is 6.29 Å². The maximum Gasteiger partial charge on any atom is 0.142 e. The van der Waals surface area contributed by atoms with Crippen molar-refractivity contribution in [2.75, 3.05) is 0 Å². The van der Waals surface area contributed by atoms with Gasteiger partial charge in [-0.2, -0.15) is 0 Å². The van der Waals surface area contributed by atoms with Crippen LogP contribution in [0, 0.1) is 11.3 Å². The van der Waals surface area contributed by atoms with Gasteiger partial charge in [-0.05, 0) is 42.7 Å². The fourth-order valence-electron chi connectivity index (χ4n) is 2.16. The van der Waals surface area contributed by atoms with Gasteiger partial charge >= 0.3 is 0 Å². The minimum absolute atomic E-state index is 0.280. The second kappa shape index (κ2) is 6.53. The summed E-state index contributed by atoms with van der Waals surface area (Å²) < 4.78 is 0. The fourth-order valence-corrected chi connectivity index (χ4v) is 2.16. The molecule has 1 aliphatic rings. The van der Waals surface area contributed by atoms with Crippen molar-refractivity contribution in [3.63, 3.8) is 0 Å². The third-order valence-corrected chi connectivity index (χ3v) is 3.54. The molecule has 0 bridgehead atoms. The summed E-state index contributed by atoms with van der Waals surface area (Å²) in [5.41, 5.74) is 2.86. The first-order chi connectivity index (χ1) is 8.45. The Morgan fingerprint density at radius 1 is 1.39 bits per heavy atom. The highest BCUT2D eigenvalue weighted by Crippen LogP contribution is 2.39. The van der Waals surface area contributed by atoms with E-state index in [1.54, 1.807) is 6.08 Å². The van der Waals surface area contributed by atoms with E-state index in [2.05, 4.69) is 39.0 Å². The molecule has 0 amide bonds. The molecule has 1 unspecified atom stereocenters. The number of carbonyl (C=O) groups is 1. The number of allylic oxidation sites excluding steroid dienone is 8. The van der Waals surface area contributed by atoms with Crippen molar-refractivity contribution in [1.82, 2.24) is 0 Å². The largest absolute Gasteiger partial charge is 0.299 e. The number of rotatable bonds is 4. The van der Waals surface area contributed by atoms with Crippen LogP contribution in [0.3, 0.4) is 0 Å². The molecule has 0 aromatic rings. The highest BCUT2D eigenvalue weighted by Gasteiger charge is 2.26. The summed E-state index contributed by atoms with van der Waals surface area (Å²) in [4.78, 5) is 10.2. The van der Waals surface area contributed by atoms with Crippen LogP contribution in [0.15, 0.2) is 47.6 Å². The lowest BCUT2D eigenvalue weighted by Gasteiger charge is -2.32. The van der Waals surface area contributed by atoms with Crippen LogP contribution in [0.25, 0.3) is 0 Å². The Morgan fingerprint density at radius 3 is 2.78 bits per heavy atom. The van der Waals surface area contributed by atoms with Crippen LogP contribution in [-0.2, 0) is 4.79 Å². The van der Waals surface area contributed by atoms with Crippen LogP contribution >= 0.6 is 0 Å². The third kappa shape index (κ3) is 4.48. The average Bonchev–Trinajstić information content (AvgIpc) is 2.31. The normalized spacial score (nSPS) is 24.6. The minimum Gasteiger partial charge on any atom is -0.299 e. The van der Waals surface area contributed by atoms with Gasteiger partial charge in [-0.15, -0.1) is 0 Å². The molecule has 1 rings (SSSR count). The van der Waals surface area contributed by atoms with Gasteiger partial charge in [0.15, 0.2) is 0 Å². The van der Waals surface area contributed by atoms with Crippen molar-refractivity contribution in [2.24, 2.45) is 11.3 Å². The lowest BCUT2D eigenvalue weighted by molar-refractivity contribution is -0.104. The quantitative estimate of drug-likeness (QED) is 0.400. The van der Waals surface area contributed by atoms with Crippen molar-refractivity contribution in [2.45, 2.75) is 40.5 Å². The summed E-state index contributed by atoms with van der Waals surface area (Å²) in [6, 6.07) is 0. The molecule has 0 heterocycles. The zero-order valence-corrected chi connectivity index (χ0v) is 11.9. The molecule has 0 aliphatic heterocycles. The van der Waals surface area contributed by atoms with Gasteiger partial charge in [0.05, 0.1) is 0 Å². The number of carbonyl (C=O) groups excluding carboxylic acids is 1. The second-order valence-corrected chi connectivity index (χ2v) is 5.79. The van der Waals surface area contributed by atoms with Crippen LogP contribution < -0.4 is 0 Å². The second-order valence-electron chi connectivity index (χ2n) is 5.79. The molecule has 0 saturated carbocycles. The standard InChI is InChI=1S/C17H24O/c1-14(7-5-6-12-18)8-9-16-13-15(2)10-11-17(16,3)4/h5-9,12-13,15H,10-11H2,1-4H3/b6-5+,9-8+,14-7-. The van der Waals surface area contributed by atoms with Crippen LogP contribution in [0.1, 0.15) is 40.5 Å². The van der Waals surface area contributed by atoms with Crippen LogP contribution in [0.5, 0.6) is 0 Å². The van der Waals surface area contributed by atoms with Crippen molar-refractivity contribution in [1.29, 1.82) is 0 Å². The number of aldehydes is 1. The Labute approximate surface area is 111 Å². The molecule has 1 atom stereocenters. The fraction of sp³-hybridized carbons (Fsp3) is 0.471. The van der Waals surface area contributed by atoms with E-state index in [9.17, 15) is 4.79 Å². The van der Waals surface area contributed by atoms with Gasteiger partial charge in [-0.1, -0.05) is 56.7 Å².